The molecule has 0 spiro atoms. The molecule has 46 heavy (non-hydrogen) atoms. The Morgan fingerprint density at radius 1 is 0.370 bits per heavy atom. The summed E-state index contributed by atoms with van der Waals surface area (Å²) in [5.74, 6) is -1.69. The van der Waals surface area contributed by atoms with Gasteiger partial charge < -0.3 is 33.3 Å². The Kier molecular flexibility index (Phi) is 30.6. The molecule has 0 bridgehead atoms. The van der Waals surface area contributed by atoms with Crippen molar-refractivity contribution in [2.75, 3.05) is 46.7 Å². The van der Waals surface area contributed by atoms with Crippen molar-refractivity contribution in [3.63, 3.8) is 0 Å². The van der Waals surface area contributed by atoms with E-state index in [1.54, 1.807) is 0 Å². The number of nitrogens with zero attached hydrogens (tertiary/aromatic N) is 1. The van der Waals surface area contributed by atoms with E-state index in [0.29, 0.717) is 51.7 Å². The number of hydrogen-bond acceptors (Lipinski definition) is 7. The average Bonchev–Trinajstić information content (AvgIpc) is 3.03. The van der Waals surface area contributed by atoms with Gasteiger partial charge in [0.15, 0.2) is 0 Å². The lowest BCUT2D eigenvalue weighted by Gasteiger charge is -2.34. The molecule has 0 aliphatic carbocycles. The van der Waals surface area contributed by atoms with E-state index in [-0.39, 0.29) is 0 Å². The molecule has 0 aliphatic heterocycles. The molecule has 7 heteroatoms. The van der Waals surface area contributed by atoms with Crippen LogP contribution in [0, 0.1) is 0 Å². The molecule has 0 saturated carbocycles. The van der Waals surface area contributed by atoms with Crippen LogP contribution in [0.1, 0.15) is 184 Å². The molecule has 0 fully saturated rings. The molecule has 0 amide bonds. The highest BCUT2D eigenvalue weighted by Crippen LogP contribution is 2.26. The first-order valence-electron chi connectivity index (χ1n) is 19.9. The van der Waals surface area contributed by atoms with Gasteiger partial charge in [0.25, 0.3) is 11.9 Å². The van der Waals surface area contributed by atoms with Gasteiger partial charge in [-0.05, 0) is 87.1 Å². The Hall–Kier alpha value is -0.280. The Balaban J connectivity index is 4.15. The quantitative estimate of drug-likeness (QED) is 0.0490. The zero-order valence-corrected chi connectivity index (χ0v) is 32.4. The van der Waals surface area contributed by atoms with Crippen LogP contribution in [0.15, 0.2) is 0 Å². The minimum absolute atomic E-state index is 0.608. The molecule has 0 aliphatic rings. The largest absolute Gasteiger partial charge is 0.328 e. The maximum Gasteiger partial charge on any atom is 0.282 e. The lowest BCUT2D eigenvalue weighted by atomic mass is 9.98. The van der Waals surface area contributed by atoms with Gasteiger partial charge in [-0.25, -0.2) is 0 Å². The molecule has 0 radical (unpaired) electrons. The van der Waals surface area contributed by atoms with Crippen LogP contribution in [0.2, 0.25) is 0 Å². The van der Waals surface area contributed by atoms with E-state index in [2.05, 4.69) is 25.8 Å². The molecule has 2 unspecified atom stereocenters. The summed E-state index contributed by atoms with van der Waals surface area (Å²) in [6, 6.07) is 1.43. The van der Waals surface area contributed by atoms with Gasteiger partial charge >= 0.3 is 0 Å². The zero-order valence-electron chi connectivity index (χ0n) is 32.4. The van der Waals surface area contributed by atoms with Crippen LogP contribution in [0.4, 0.5) is 0 Å². The molecule has 7 nitrogen and oxygen atoms in total. The highest BCUT2D eigenvalue weighted by atomic mass is 16.9. The van der Waals surface area contributed by atoms with Gasteiger partial charge in [0.05, 0.1) is 0 Å². The minimum Gasteiger partial charge on any atom is -0.328 e. The monoisotopic (exact) mass is 660 g/mol. The summed E-state index contributed by atoms with van der Waals surface area (Å²) < 4.78 is 35.2. The summed E-state index contributed by atoms with van der Waals surface area (Å²) in [5, 5.41) is 0. The van der Waals surface area contributed by atoms with Crippen LogP contribution in [0.5, 0.6) is 0 Å². The number of rotatable bonds is 36. The first-order chi connectivity index (χ1) is 22.4. The third-order valence-electron chi connectivity index (χ3n) is 9.32. The van der Waals surface area contributed by atoms with E-state index in [0.717, 1.165) is 25.7 Å². The average molecular weight is 660 g/mol. The van der Waals surface area contributed by atoms with Crippen LogP contribution in [-0.2, 0) is 28.4 Å². The van der Waals surface area contributed by atoms with E-state index in [4.69, 9.17) is 28.4 Å². The van der Waals surface area contributed by atoms with E-state index >= 15 is 0 Å². The topological polar surface area (TPSA) is 58.6 Å². The van der Waals surface area contributed by atoms with Crippen LogP contribution in [-0.4, -0.2) is 75.6 Å². The van der Waals surface area contributed by atoms with Crippen molar-refractivity contribution >= 4 is 0 Å². The molecule has 2 atom stereocenters. The van der Waals surface area contributed by atoms with Crippen molar-refractivity contribution < 1.29 is 28.4 Å². The van der Waals surface area contributed by atoms with Crippen molar-refractivity contribution in [3.05, 3.63) is 0 Å². The third kappa shape index (κ3) is 20.9. The summed E-state index contributed by atoms with van der Waals surface area (Å²) >= 11 is 0. The molecule has 0 aromatic rings. The van der Waals surface area contributed by atoms with Crippen LogP contribution < -0.4 is 0 Å². The smallest absolute Gasteiger partial charge is 0.282 e. The van der Waals surface area contributed by atoms with E-state index in [1.807, 2.05) is 41.5 Å². The normalized spacial score (nSPS) is 14.0. The predicted molar refractivity (Wildman–Crippen MR) is 194 cm³/mol. The van der Waals surface area contributed by atoms with Crippen LogP contribution in [0.3, 0.4) is 0 Å². The third-order valence-corrected chi connectivity index (χ3v) is 9.32. The van der Waals surface area contributed by atoms with Gasteiger partial charge in [0.2, 0.25) is 0 Å². The number of hydrogen-bond donors (Lipinski definition) is 0. The van der Waals surface area contributed by atoms with Gasteiger partial charge in [0.1, 0.15) is 0 Å². The lowest BCUT2D eigenvalue weighted by molar-refractivity contribution is -0.380. The minimum atomic E-state index is -0.844. The summed E-state index contributed by atoms with van der Waals surface area (Å²) in [5.41, 5.74) is 0. The number of unbranched alkanes of at least 4 members (excludes halogenated alkanes) is 12. The van der Waals surface area contributed by atoms with Crippen LogP contribution >= 0.6 is 0 Å². The first kappa shape index (κ1) is 45.7. The van der Waals surface area contributed by atoms with Crippen LogP contribution in [0.25, 0.3) is 0 Å². The van der Waals surface area contributed by atoms with Gasteiger partial charge in [-0.3, -0.25) is 0 Å². The molecule has 0 heterocycles. The first-order valence-corrected chi connectivity index (χ1v) is 19.9. The van der Waals surface area contributed by atoms with Gasteiger partial charge in [-0.15, -0.1) is 0 Å². The molecule has 0 aromatic heterocycles. The second kappa shape index (κ2) is 30.8. The number of ether oxygens (including phenoxy) is 6. The molecule has 0 aromatic carbocycles. The Morgan fingerprint density at radius 3 is 0.848 bits per heavy atom. The van der Waals surface area contributed by atoms with Gasteiger partial charge in [-0.1, -0.05) is 90.9 Å². The van der Waals surface area contributed by atoms with Crippen molar-refractivity contribution in [1.82, 2.24) is 4.90 Å². The zero-order chi connectivity index (χ0) is 34.4. The molecule has 278 valence electrons. The molecule has 0 N–H and O–H groups in total. The van der Waals surface area contributed by atoms with Crippen molar-refractivity contribution in [2.24, 2.45) is 0 Å². The van der Waals surface area contributed by atoms with Crippen molar-refractivity contribution in [1.29, 1.82) is 0 Å². The second-order valence-corrected chi connectivity index (χ2v) is 12.8. The fraction of sp³-hybridized carbons (Fsp3) is 1.00. The summed E-state index contributed by atoms with van der Waals surface area (Å²) in [6.45, 7) is 20.4. The molecule has 0 saturated heterocycles. The summed E-state index contributed by atoms with van der Waals surface area (Å²) in [6.07, 6.45) is 24.7. The maximum absolute atomic E-state index is 5.86. The Morgan fingerprint density at radius 2 is 0.609 bits per heavy atom. The SMILES string of the molecule is CCOC(CCCCCCCCCC(CC)N(C)C(CC)CCCCCCCCCC(OCC)(OCC)OCC)(OCC)OCC. The highest BCUT2D eigenvalue weighted by molar-refractivity contribution is 4.75. The molecular weight excluding hydrogens is 578 g/mol. The molecule has 0 rings (SSSR count). The Bertz CT molecular complexity index is 550. The van der Waals surface area contributed by atoms with Gasteiger partial charge in [-0.2, -0.15) is 0 Å². The standard InChI is InChI=1S/C39H81NO6/c1-10-36(32-28-24-20-18-22-26-30-34-38(41-12-3,42-13-4)43-14-5)40(9)37(11-2)33-29-25-21-19-23-27-31-35-39(44-15-6,45-16-7)46-17-8/h36-37H,10-35H2,1-9H3. The van der Waals surface area contributed by atoms with Crippen molar-refractivity contribution in [2.45, 2.75) is 208 Å². The fourth-order valence-corrected chi connectivity index (χ4v) is 6.90. The predicted octanol–water partition coefficient (Wildman–Crippen LogP) is 11.0. The second-order valence-electron chi connectivity index (χ2n) is 12.8. The Labute approximate surface area is 287 Å². The fourth-order valence-electron chi connectivity index (χ4n) is 6.90. The van der Waals surface area contributed by atoms with E-state index in [9.17, 15) is 0 Å². The summed E-state index contributed by atoms with van der Waals surface area (Å²) in [4.78, 5) is 2.72. The van der Waals surface area contributed by atoms with E-state index in [1.165, 1.54) is 103 Å². The highest BCUT2D eigenvalue weighted by Gasteiger charge is 2.32. The van der Waals surface area contributed by atoms with Crippen molar-refractivity contribution in [3.8, 4) is 0 Å². The summed E-state index contributed by atoms with van der Waals surface area (Å²) in [7, 11) is 2.39. The molecular formula is C39H81NO6. The van der Waals surface area contributed by atoms with E-state index < -0.39 is 11.9 Å². The lowest BCUT2D eigenvalue weighted by Crippen LogP contribution is -2.39. The maximum atomic E-state index is 5.86. The van der Waals surface area contributed by atoms with Gasteiger partial charge in [0, 0.05) is 64.6 Å².